The van der Waals surface area contributed by atoms with Crippen LogP contribution in [0.1, 0.15) is 50.8 Å². The van der Waals surface area contributed by atoms with Gasteiger partial charge < -0.3 is 20.5 Å². The maximum Gasteiger partial charge on any atom is 0.296 e. The molecule has 31 heavy (non-hydrogen) atoms. The second-order valence-electron chi connectivity index (χ2n) is 8.37. The summed E-state index contributed by atoms with van der Waals surface area (Å²) in [4.78, 5) is 22.5. The van der Waals surface area contributed by atoms with Gasteiger partial charge in [0.05, 0.1) is 17.0 Å². The monoisotopic (exact) mass is 427 g/mol. The molecule has 1 heterocycles. The Balaban J connectivity index is 1.78. The third-order valence-corrected chi connectivity index (χ3v) is 5.47. The molecule has 0 saturated heterocycles. The highest BCUT2D eigenvalue weighted by Gasteiger charge is 2.43. The number of benzene rings is 2. The van der Waals surface area contributed by atoms with Crippen molar-refractivity contribution in [2.45, 2.75) is 57.8 Å². The van der Waals surface area contributed by atoms with Crippen LogP contribution >= 0.6 is 0 Å². The van der Waals surface area contributed by atoms with Crippen molar-refractivity contribution >= 4 is 17.3 Å². The zero-order valence-corrected chi connectivity index (χ0v) is 18.1. The van der Waals surface area contributed by atoms with Crippen molar-refractivity contribution in [3.05, 3.63) is 63.7 Å². The number of unbranched alkanes of at least 4 members (excludes halogenated alkanes) is 1. The summed E-state index contributed by atoms with van der Waals surface area (Å²) in [6.07, 6.45) is 1.99. The maximum atomic E-state index is 11.5. The molecule has 0 fully saturated rings. The lowest BCUT2D eigenvalue weighted by molar-refractivity contribution is -0.384. The molecule has 0 bridgehead atoms. The Morgan fingerprint density at radius 3 is 2.58 bits per heavy atom. The molecule has 0 spiro atoms. The first kappa shape index (κ1) is 22.7. The highest BCUT2D eigenvalue weighted by Crippen LogP contribution is 2.44. The van der Waals surface area contributed by atoms with Crippen LogP contribution in [0.5, 0.6) is 5.75 Å². The van der Waals surface area contributed by atoms with Gasteiger partial charge in [-0.15, -0.1) is 0 Å². The van der Waals surface area contributed by atoms with Gasteiger partial charge in [-0.05, 0) is 51.3 Å². The van der Waals surface area contributed by atoms with Crippen LogP contribution in [0.15, 0.2) is 42.5 Å². The van der Waals surface area contributed by atoms with E-state index in [0.29, 0.717) is 17.9 Å². The number of fused-ring (bicyclic) bond motifs is 1. The number of amides is 1. The van der Waals surface area contributed by atoms with Gasteiger partial charge in [0.15, 0.2) is 0 Å². The third kappa shape index (κ3) is 5.39. The van der Waals surface area contributed by atoms with Crippen LogP contribution in [0.2, 0.25) is 0 Å². The molecule has 2 aromatic rings. The van der Waals surface area contributed by atoms with Gasteiger partial charge in [-0.2, -0.15) is 0 Å². The normalized spacial score (nSPS) is 19.2. The minimum Gasteiger partial charge on any atom is -0.484 e. The molecule has 8 nitrogen and oxygen atoms in total. The quantitative estimate of drug-likeness (QED) is 0.336. The number of nitro benzene ring substituents is 1. The van der Waals surface area contributed by atoms with E-state index in [1.807, 2.05) is 18.2 Å². The number of ether oxygens (including phenoxy) is 1. The Morgan fingerprint density at radius 2 is 1.94 bits per heavy atom. The van der Waals surface area contributed by atoms with E-state index < -0.39 is 28.6 Å². The van der Waals surface area contributed by atoms with E-state index in [1.54, 1.807) is 13.8 Å². The summed E-state index contributed by atoms with van der Waals surface area (Å²) in [5, 5.41) is 28.3. The summed E-state index contributed by atoms with van der Waals surface area (Å²) in [6.45, 7) is 5.45. The van der Waals surface area contributed by atoms with Crippen LogP contribution in [-0.4, -0.2) is 34.2 Å². The van der Waals surface area contributed by atoms with Gasteiger partial charge in [0.1, 0.15) is 23.1 Å². The lowest BCUT2D eigenvalue weighted by Crippen LogP contribution is -2.52. The SMILES string of the molecule is CC(=O)Nc1cc2c(cc1[N+](=O)[O-])OC(C)(C)[C@H](O)[C@H]2NCCCCc1ccccc1. The summed E-state index contributed by atoms with van der Waals surface area (Å²) < 4.78 is 5.89. The van der Waals surface area contributed by atoms with E-state index in [1.165, 1.54) is 24.6 Å². The molecule has 2 atom stereocenters. The predicted octanol–water partition coefficient (Wildman–Crippen LogP) is 3.74. The summed E-state index contributed by atoms with van der Waals surface area (Å²) in [6, 6.07) is 12.6. The first-order valence-electron chi connectivity index (χ1n) is 10.4. The van der Waals surface area contributed by atoms with Gasteiger partial charge in [0.2, 0.25) is 5.91 Å². The molecule has 0 radical (unpaired) electrons. The van der Waals surface area contributed by atoms with Gasteiger partial charge in [-0.3, -0.25) is 14.9 Å². The Labute approximate surface area is 181 Å². The number of aliphatic hydroxyl groups is 1. The second kappa shape index (κ2) is 9.45. The van der Waals surface area contributed by atoms with Gasteiger partial charge in [-0.25, -0.2) is 0 Å². The number of nitrogens with zero attached hydrogens (tertiary/aromatic N) is 1. The predicted molar refractivity (Wildman–Crippen MR) is 118 cm³/mol. The minimum atomic E-state index is -0.932. The topological polar surface area (TPSA) is 114 Å². The van der Waals surface area contributed by atoms with Crippen LogP contribution in [0.3, 0.4) is 0 Å². The lowest BCUT2D eigenvalue weighted by Gasteiger charge is -2.42. The number of nitrogens with one attached hydrogen (secondary N) is 2. The fourth-order valence-corrected chi connectivity index (χ4v) is 3.85. The van der Waals surface area contributed by atoms with E-state index in [-0.39, 0.29) is 11.4 Å². The van der Waals surface area contributed by atoms with Crippen molar-refractivity contribution in [1.29, 1.82) is 0 Å². The van der Waals surface area contributed by atoms with Gasteiger partial charge >= 0.3 is 0 Å². The number of carbonyl (C=O) groups is 1. The zero-order chi connectivity index (χ0) is 22.6. The Kier molecular flexibility index (Phi) is 6.92. The third-order valence-electron chi connectivity index (χ3n) is 5.47. The van der Waals surface area contributed by atoms with Crippen molar-refractivity contribution < 1.29 is 19.6 Å². The molecule has 0 saturated carbocycles. The van der Waals surface area contributed by atoms with Crippen molar-refractivity contribution in [2.24, 2.45) is 0 Å². The van der Waals surface area contributed by atoms with Crippen LogP contribution in [-0.2, 0) is 11.2 Å². The highest BCUT2D eigenvalue weighted by molar-refractivity contribution is 5.91. The van der Waals surface area contributed by atoms with Crippen molar-refractivity contribution in [3.8, 4) is 5.75 Å². The first-order chi connectivity index (χ1) is 14.7. The summed E-state index contributed by atoms with van der Waals surface area (Å²) >= 11 is 0. The number of aliphatic hydroxyl groups excluding tert-OH is 1. The maximum absolute atomic E-state index is 11.5. The Morgan fingerprint density at radius 1 is 1.23 bits per heavy atom. The number of hydrogen-bond donors (Lipinski definition) is 3. The number of hydrogen-bond acceptors (Lipinski definition) is 6. The summed E-state index contributed by atoms with van der Waals surface area (Å²) in [5.41, 5.74) is 0.778. The molecule has 3 N–H and O–H groups in total. The van der Waals surface area contributed by atoms with E-state index in [2.05, 4.69) is 22.8 Å². The van der Waals surface area contributed by atoms with Crippen LogP contribution in [0.25, 0.3) is 0 Å². The highest BCUT2D eigenvalue weighted by atomic mass is 16.6. The van der Waals surface area contributed by atoms with Crippen molar-refractivity contribution in [2.75, 3.05) is 11.9 Å². The number of aryl methyl sites for hydroxylation is 1. The number of anilines is 1. The molecular weight excluding hydrogens is 398 g/mol. The molecule has 0 aromatic heterocycles. The smallest absolute Gasteiger partial charge is 0.296 e. The Hall–Kier alpha value is -2.97. The second-order valence-corrected chi connectivity index (χ2v) is 8.37. The molecule has 166 valence electrons. The molecule has 2 aromatic carbocycles. The molecule has 0 unspecified atom stereocenters. The number of carbonyl (C=O) groups excluding carboxylic acids is 1. The molecular formula is C23H29N3O5. The number of rotatable bonds is 8. The molecule has 1 aliphatic rings. The van der Waals surface area contributed by atoms with Crippen molar-refractivity contribution in [3.63, 3.8) is 0 Å². The molecule has 0 aliphatic carbocycles. The van der Waals surface area contributed by atoms with Gasteiger partial charge in [0.25, 0.3) is 5.69 Å². The zero-order valence-electron chi connectivity index (χ0n) is 18.1. The largest absolute Gasteiger partial charge is 0.484 e. The van der Waals surface area contributed by atoms with E-state index >= 15 is 0 Å². The molecule has 1 aliphatic heterocycles. The summed E-state index contributed by atoms with van der Waals surface area (Å²) in [7, 11) is 0. The fourth-order valence-electron chi connectivity index (χ4n) is 3.85. The minimum absolute atomic E-state index is 0.0858. The lowest BCUT2D eigenvalue weighted by atomic mass is 9.86. The first-order valence-corrected chi connectivity index (χ1v) is 10.4. The number of nitro groups is 1. The van der Waals surface area contributed by atoms with E-state index in [9.17, 15) is 20.0 Å². The van der Waals surface area contributed by atoms with Gasteiger partial charge in [0, 0.05) is 12.5 Å². The summed E-state index contributed by atoms with van der Waals surface area (Å²) in [5.74, 6) is -0.0797. The van der Waals surface area contributed by atoms with Crippen LogP contribution in [0, 0.1) is 10.1 Å². The standard InChI is InChI=1S/C23H29N3O5/c1-15(27)25-18-13-17-20(14-19(18)26(29)30)31-23(2,3)22(28)21(17)24-12-8-7-11-16-9-5-4-6-10-16/h4-6,9-10,13-14,21-22,24,28H,7-8,11-12H2,1-3H3,(H,25,27)/t21-,22+/m0/s1. The molecule has 3 rings (SSSR count). The Bertz CT molecular complexity index is 946. The van der Waals surface area contributed by atoms with Crippen LogP contribution < -0.4 is 15.4 Å². The van der Waals surface area contributed by atoms with Crippen molar-refractivity contribution in [1.82, 2.24) is 5.32 Å². The average molecular weight is 428 g/mol. The molecule has 8 heteroatoms. The van der Waals surface area contributed by atoms with Gasteiger partial charge in [-0.1, -0.05) is 30.3 Å². The van der Waals surface area contributed by atoms with E-state index in [0.717, 1.165) is 19.3 Å². The van der Waals surface area contributed by atoms with Crippen LogP contribution in [0.4, 0.5) is 11.4 Å². The molecule has 1 amide bonds. The fraction of sp³-hybridized carbons (Fsp3) is 0.435. The average Bonchev–Trinajstić information content (AvgIpc) is 2.70. The van der Waals surface area contributed by atoms with E-state index in [4.69, 9.17) is 4.74 Å².